The van der Waals surface area contributed by atoms with Crippen molar-refractivity contribution in [1.29, 1.82) is 0 Å². The molecule has 0 fully saturated rings. The van der Waals surface area contributed by atoms with Crippen molar-refractivity contribution in [2.75, 3.05) is 4.90 Å². The molecule has 0 atom stereocenters. The number of para-hydroxylation sites is 4. The van der Waals surface area contributed by atoms with E-state index >= 15 is 0 Å². The molecule has 0 N–H and O–H groups in total. The minimum Gasteiger partial charge on any atom is -0.453 e. The summed E-state index contributed by atoms with van der Waals surface area (Å²) in [5.74, 6) is 1.57. The van der Waals surface area contributed by atoms with Gasteiger partial charge in [-0.3, -0.25) is 0 Å². The van der Waals surface area contributed by atoms with E-state index in [0.717, 1.165) is 101 Å². The minimum atomic E-state index is 0.663. The number of fused-ring (bicyclic) bond motifs is 11. The van der Waals surface area contributed by atoms with Gasteiger partial charge < -0.3 is 23.2 Å². The third-order valence-electron chi connectivity index (χ3n) is 13.2. The molecule has 304 valence electrons. The predicted molar refractivity (Wildman–Crippen MR) is 266 cm³/mol. The van der Waals surface area contributed by atoms with Crippen molar-refractivity contribution < 1.29 is 9.15 Å². The van der Waals surface area contributed by atoms with Crippen molar-refractivity contribution in [1.82, 2.24) is 14.1 Å². The Labute approximate surface area is 373 Å². The van der Waals surface area contributed by atoms with E-state index in [-0.39, 0.29) is 0 Å². The molecule has 9 aromatic carbocycles. The fourth-order valence-electron chi connectivity index (χ4n) is 10.2. The summed E-state index contributed by atoms with van der Waals surface area (Å²) in [7, 11) is 0. The van der Waals surface area contributed by atoms with E-state index in [0.29, 0.717) is 5.71 Å². The summed E-state index contributed by atoms with van der Waals surface area (Å²) >= 11 is 0. The molecule has 0 unspecified atom stereocenters. The molecular weight excluding hydrogens is 797 g/mol. The zero-order valence-electron chi connectivity index (χ0n) is 34.9. The fourth-order valence-corrected chi connectivity index (χ4v) is 10.2. The lowest BCUT2D eigenvalue weighted by molar-refractivity contribution is 0.476. The summed E-state index contributed by atoms with van der Waals surface area (Å²) in [6.07, 6.45) is 1.77. The van der Waals surface area contributed by atoms with Gasteiger partial charge in [0.2, 0.25) is 5.71 Å². The highest BCUT2D eigenvalue weighted by Crippen LogP contribution is 2.52. The van der Waals surface area contributed by atoms with Crippen LogP contribution in [0.2, 0.25) is 0 Å². The van der Waals surface area contributed by atoms with Crippen LogP contribution in [0, 0.1) is 0 Å². The van der Waals surface area contributed by atoms with E-state index in [1.165, 1.54) is 21.5 Å². The third-order valence-corrected chi connectivity index (χ3v) is 13.2. The Bertz CT molecular complexity index is 3770. The largest absolute Gasteiger partial charge is 0.453 e. The van der Waals surface area contributed by atoms with Gasteiger partial charge in [0.25, 0.3) is 0 Å². The summed E-state index contributed by atoms with van der Waals surface area (Å²) in [5, 5.41) is 7.00. The van der Waals surface area contributed by atoms with E-state index in [9.17, 15) is 0 Å². The second-order valence-electron chi connectivity index (χ2n) is 16.8. The van der Waals surface area contributed by atoms with Gasteiger partial charge in [-0.2, -0.15) is 0 Å². The molecule has 0 aliphatic carbocycles. The van der Waals surface area contributed by atoms with Crippen LogP contribution in [0.5, 0.6) is 11.5 Å². The SMILES string of the molecule is c1cnc2oc3cc(-c4ccc(-c5ccc(N6c7ccc(-n8c9ccccc9c9ccccc98)cc7Oc7cc(-n8c9ccccc9c9ccccc98)ccc76)cc5)cc4)ccc3c2c1. The van der Waals surface area contributed by atoms with Crippen molar-refractivity contribution in [3.63, 3.8) is 0 Å². The standard InChI is InChI=1S/C59H36N4O2/c1-5-15-50-44(10-1)45-11-2-6-16-51(45)62(50)42-28-31-54-57(35-42)64-58-36-43(63-52-17-7-3-12-46(52)47-13-4-8-18-53(47)63)29-32-55(58)61(54)41-26-23-38(24-27-41)37-19-21-39(22-20-37)40-25-30-48-49-14-9-33-60-59(49)65-56(48)34-40/h1-36H. The number of pyridine rings is 1. The lowest BCUT2D eigenvalue weighted by atomic mass is 9.99. The molecule has 0 saturated carbocycles. The molecule has 14 rings (SSSR count). The second kappa shape index (κ2) is 13.8. The van der Waals surface area contributed by atoms with Crippen LogP contribution in [0.3, 0.4) is 0 Å². The monoisotopic (exact) mass is 832 g/mol. The van der Waals surface area contributed by atoms with E-state index < -0.39 is 0 Å². The highest BCUT2D eigenvalue weighted by Gasteiger charge is 2.28. The van der Waals surface area contributed by atoms with Gasteiger partial charge in [-0.15, -0.1) is 0 Å². The molecular formula is C59H36N4O2. The normalized spacial score (nSPS) is 12.4. The van der Waals surface area contributed by atoms with Crippen LogP contribution < -0.4 is 9.64 Å². The molecule has 1 aliphatic rings. The van der Waals surface area contributed by atoms with Crippen LogP contribution in [-0.2, 0) is 0 Å². The first kappa shape index (κ1) is 35.7. The number of furan rings is 1. The first-order valence-corrected chi connectivity index (χ1v) is 21.9. The maximum Gasteiger partial charge on any atom is 0.227 e. The van der Waals surface area contributed by atoms with E-state index in [2.05, 4.69) is 225 Å². The maximum absolute atomic E-state index is 7.06. The molecule has 13 aromatic rings. The highest BCUT2D eigenvalue weighted by atomic mass is 16.5. The highest BCUT2D eigenvalue weighted by molar-refractivity contribution is 6.10. The lowest BCUT2D eigenvalue weighted by Gasteiger charge is -2.33. The number of hydrogen-bond donors (Lipinski definition) is 0. The topological polar surface area (TPSA) is 48.4 Å². The molecule has 1 aliphatic heterocycles. The minimum absolute atomic E-state index is 0.663. The Morgan fingerprint density at radius 1 is 0.338 bits per heavy atom. The van der Waals surface area contributed by atoms with Crippen molar-refractivity contribution in [2.45, 2.75) is 0 Å². The Morgan fingerprint density at radius 2 is 0.769 bits per heavy atom. The number of rotatable bonds is 5. The molecule has 65 heavy (non-hydrogen) atoms. The molecule has 5 heterocycles. The number of anilines is 3. The number of benzene rings is 9. The number of nitrogens with zero attached hydrogens (tertiary/aromatic N) is 4. The van der Waals surface area contributed by atoms with Crippen LogP contribution in [0.1, 0.15) is 0 Å². The molecule has 0 bridgehead atoms. The maximum atomic E-state index is 7.06. The molecule has 4 aromatic heterocycles. The Hall–Kier alpha value is -8.87. The first-order valence-electron chi connectivity index (χ1n) is 21.9. The van der Waals surface area contributed by atoms with Crippen molar-refractivity contribution in [2.24, 2.45) is 0 Å². The van der Waals surface area contributed by atoms with Gasteiger partial charge in [0.05, 0.1) is 44.8 Å². The van der Waals surface area contributed by atoms with Gasteiger partial charge in [-0.05, 0) is 107 Å². The third kappa shape index (κ3) is 5.44. The van der Waals surface area contributed by atoms with Crippen molar-refractivity contribution in [3.05, 3.63) is 219 Å². The number of hydrogen-bond acceptors (Lipinski definition) is 4. The van der Waals surface area contributed by atoms with Crippen LogP contribution in [0.4, 0.5) is 17.1 Å². The predicted octanol–water partition coefficient (Wildman–Crippen LogP) is 16.1. The van der Waals surface area contributed by atoms with Crippen LogP contribution in [0.15, 0.2) is 223 Å². The van der Waals surface area contributed by atoms with Gasteiger partial charge in [0, 0.05) is 56.3 Å². The lowest BCUT2D eigenvalue weighted by Crippen LogP contribution is -2.16. The van der Waals surface area contributed by atoms with Gasteiger partial charge >= 0.3 is 0 Å². The molecule has 0 amide bonds. The zero-order chi connectivity index (χ0) is 42.6. The van der Waals surface area contributed by atoms with Gasteiger partial charge in [-0.1, -0.05) is 115 Å². The number of ether oxygens (including phenoxy) is 1. The van der Waals surface area contributed by atoms with Crippen molar-refractivity contribution in [3.8, 4) is 45.1 Å². The zero-order valence-corrected chi connectivity index (χ0v) is 34.9. The van der Waals surface area contributed by atoms with Crippen LogP contribution in [0.25, 0.3) is 99.3 Å². The first-order chi connectivity index (χ1) is 32.2. The van der Waals surface area contributed by atoms with Gasteiger partial charge in [-0.25, -0.2) is 4.98 Å². The average molecular weight is 833 g/mol. The molecule has 6 nitrogen and oxygen atoms in total. The summed E-state index contributed by atoms with van der Waals surface area (Å²) < 4.78 is 17.8. The van der Waals surface area contributed by atoms with Gasteiger partial charge in [0.15, 0.2) is 11.5 Å². The molecule has 0 radical (unpaired) electrons. The fraction of sp³-hybridized carbons (Fsp3) is 0. The summed E-state index contributed by atoms with van der Waals surface area (Å²) in [4.78, 5) is 6.74. The molecule has 6 heteroatoms. The van der Waals surface area contributed by atoms with Crippen molar-refractivity contribution >= 4 is 82.7 Å². The summed E-state index contributed by atoms with van der Waals surface area (Å²) in [6, 6.07) is 75.7. The summed E-state index contributed by atoms with van der Waals surface area (Å²) in [6.45, 7) is 0. The van der Waals surface area contributed by atoms with Crippen LogP contribution >= 0.6 is 0 Å². The quantitative estimate of drug-likeness (QED) is 0.173. The van der Waals surface area contributed by atoms with Gasteiger partial charge in [0.1, 0.15) is 5.58 Å². The van der Waals surface area contributed by atoms with E-state index in [1.807, 2.05) is 6.07 Å². The second-order valence-corrected chi connectivity index (χ2v) is 16.8. The van der Waals surface area contributed by atoms with E-state index in [4.69, 9.17) is 9.15 Å². The Kier molecular flexibility index (Phi) is 7.59. The average Bonchev–Trinajstić information content (AvgIpc) is 4.03. The number of aromatic nitrogens is 3. The smallest absolute Gasteiger partial charge is 0.227 e. The molecule has 0 saturated heterocycles. The summed E-state index contributed by atoms with van der Waals surface area (Å²) in [5.41, 5.74) is 15.7. The Morgan fingerprint density at radius 3 is 1.29 bits per heavy atom. The van der Waals surface area contributed by atoms with E-state index in [1.54, 1.807) is 6.20 Å². The Balaban J connectivity index is 0.871. The van der Waals surface area contributed by atoms with Crippen LogP contribution in [-0.4, -0.2) is 14.1 Å². The molecule has 0 spiro atoms.